The van der Waals surface area contributed by atoms with Gasteiger partial charge in [-0.2, -0.15) is 0 Å². The SMILES string of the molecule is CN1CCNC(CNCc2ccc(Br)cc2)C1. The highest BCUT2D eigenvalue weighted by Crippen LogP contribution is 2.10. The molecule has 0 aliphatic carbocycles. The van der Waals surface area contributed by atoms with Crippen LogP contribution < -0.4 is 10.6 Å². The van der Waals surface area contributed by atoms with Crippen LogP contribution in [0, 0.1) is 0 Å². The van der Waals surface area contributed by atoms with E-state index in [1.807, 2.05) is 0 Å². The normalized spacial score (nSPS) is 21.6. The van der Waals surface area contributed by atoms with E-state index in [-0.39, 0.29) is 0 Å². The number of nitrogens with zero attached hydrogens (tertiary/aromatic N) is 1. The Morgan fingerprint density at radius 3 is 2.88 bits per heavy atom. The summed E-state index contributed by atoms with van der Waals surface area (Å²) < 4.78 is 1.14. The van der Waals surface area contributed by atoms with Crippen LogP contribution in [0.2, 0.25) is 0 Å². The summed E-state index contributed by atoms with van der Waals surface area (Å²) in [7, 11) is 2.18. The van der Waals surface area contributed by atoms with Gasteiger partial charge in [-0.3, -0.25) is 0 Å². The lowest BCUT2D eigenvalue weighted by atomic mass is 10.2. The summed E-state index contributed by atoms with van der Waals surface area (Å²) >= 11 is 3.45. The van der Waals surface area contributed by atoms with Crippen LogP contribution in [-0.2, 0) is 6.54 Å². The predicted molar refractivity (Wildman–Crippen MR) is 75.1 cm³/mol. The Bertz CT molecular complexity index is 339. The van der Waals surface area contributed by atoms with E-state index in [1.165, 1.54) is 5.56 Å². The molecule has 17 heavy (non-hydrogen) atoms. The van der Waals surface area contributed by atoms with Gasteiger partial charge in [-0.05, 0) is 24.7 Å². The standard InChI is InChI=1S/C13H20BrN3/c1-17-7-6-16-13(10-17)9-15-8-11-2-4-12(14)5-3-11/h2-5,13,15-16H,6-10H2,1H3. The fourth-order valence-corrected chi connectivity index (χ4v) is 2.39. The Kier molecular flexibility index (Phi) is 4.98. The van der Waals surface area contributed by atoms with Gasteiger partial charge in [0.05, 0.1) is 0 Å². The molecule has 4 heteroatoms. The van der Waals surface area contributed by atoms with E-state index in [4.69, 9.17) is 0 Å². The van der Waals surface area contributed by atoms with E-state index >= 15 is 0 Å². The molecule has 1 atom stereocenters. The molecule has 94 valence electrons. The highest BCUT2D eigenvalue weighted by Gasteiger charge is 2.15. The van der Waals surface area contributed by atoms with Crippen LogP contribution in [0.4, 0.5) is 0 Å². The lowest BCUT2D eigenvalue weighted by Gasteiger charge is -2.31. The van der Waals surface area contributed by atoms with Gasteiger partial charge in [-0.15, -0.1) is 0 Å². The predicted octanol–water partition coefficient (Wildman–Crippen LogP) is 1.44. The van der Waals surface area contributed by atoms with Gasteiger partial charge in [-0.1, -0.05) is 28.1 Å². The molecule has 0 aromatic heterocycles. The molecule has 1 saturated heterocycles. The van der Waals surface area contributed by atoms with Crippen LogP contribution in [0.15, 0.2) is 28.7 Å². The third-order valence-electron chi connectivity index (χ3n) is 3.09. The topological polar surface area (TPSA) is 27.3 Å². The summed E-state index contributed by atoms with van der Waals surface area (Å²) in [6.45, 7) is 5.35. The molecular weight excluding hydrogens is 278 g/mol. The van der Waals surface area contributed by atoms with Crippen molar-refractivity contribution in [2.45, 2.75) is 12.6 Å². The van der Waals surface area contributed by atoms with Crippen molar-refractivity contribution in [2.75, 3.05) is 33.2 Å². The lowest BCUT2D eigenvalue weighted by molar-refractivity contribution is 0.235. The smallest absolute Gasteiger partial charge is 0.0320 e. The van der Waals surface area contributed by atoms with Gasteiger partial charge in [0.2, 0.25) is 0 Å². The molecule has 0 bridgehead atoms. The second-order valence-electron chi connectivity index (χ2n) is 4.67. The maximum absolute atomic E-state index is 3.53. The zero-order valence-electron chi connectivity index (χ0n) is 10.2. The first-order chi connectivity index (χ1) is 8.24. The average Bonchev–Trinajstić information content (AvgIpc) is 2.32. The van der Waals surface area contributed by atoms with Crippen molar-refractivity contribution in [1.82, 2.24) is 15.5 Å². The van der Waals surface area contributed by atoms with Crippen molar-refractivity contribution in [2.24, 2.45) is 0 Å². The Hall–Kier alpha value is -0.420. The molecule has 3 nitrogen and oxygen atoms in total. The minimum atomic E-state index is 0.573. The zero-order chi connectivity index (χ0) is 12.1. The molecule has 0 spiro atoms. The number of hydrogen-bond donors (Lipinski definition) is 2. The van der Waals surface area contributed by atoms with Crippen LogP contribution in [0.1, 0.15) is 5.56 Å². The highest BCUT2D eigenvalue weighted by molar-refractivity contribution is 9.10. The third-order valence-corrected chi connectivity index (χ3v) is 3.62. The largest absolute Gasteiger partial charge is 0.311 e. The maximum atomic E-state index is 3.53. The molecule has 1 aromatic carbocycles. The van der Waals surface area contributed by atoms with Crippen molar-refractivity contribution < 1.29 is 0 Å². The van der Waals surface area contributed by atoms with Gasteiger partial charge in [0.1, 0.15) is 0 Å². The van der Waals surface area contributed by atoms with E-state index in [0.717, 1.165) is 37.2 Å². The molecule has 2 N–H and O–H groups in total. The molecule has 1 fully saturated rings. The number of likely N-dealkylation sites (N-methyl/N-ethyl adjacent to an activating group) is 1. The minimum Gasteiger partial charge on any atom is -0.311 e. The number of rotatable bonds is 4. The van der Waals surface area contributed by atoms with Crippen LogP contribution in [0.5, 0.6) is 0 Å². The molecule has 2 rings (SSSR count). The number of benzene rings is 1. The zero-order valence-corrected chi connectivity index (χ0v) is 11.8. The number of nitrogens with one attached hydrogen (secondary N) is 2. The van der Waals surface area contributed by atoms with Gasteiger partial charge in [-0.25, -0.2) is 0 Å². The first-order valence-corrected chi connectivity index (χ1v) is 6.90. The molecule has 0 saturated carbocycles. The summed E-state index contributed by atoms with van der Waals surface area (Å²) in [4.78, 5) is 2.38. The number of hydrogen-bond acceptors (Lipinski definition) is 3. The third kappa shape index (κ3) is 4.39. The van der Waals surface area contributed by atoms with Crippen molar-refractivity contribution in [3.8, 4) is 0 Å². The molecule has 1 aliphatic heterocycles. The van der Waals surface area contributed by atoms with Gasteiger partial charge in [0, 0.05) is 43.2 Å². The molecule has 0 amide bonds. The van der Waals surface area contributed by atoms with Crippen LogP contribution in [-0.4, -0.2) is 44.2 Å². The Morgan fingerprint density at radius 2 is 2.18 bits per heavy atom. The Labute approximate surface area is 112 Å². The van der Waals surface area contributed by atoms with Crippen LogP contribution >= 0.6 is 15.9 Å². The Balaban J connectivity index is 1.70. The quantitative estimate of drug-likeness (QED) is 0.881. The molecular formula is C13H20BrN3. The van der Waals surface area contributed by atoms with Gasteiger partial charge in [0.15, 0.2) is 0 Å². The summed E-state index contributed by atoms with van der Waals surface area (Å²) in [6, 6.07) is 9.05. The van der Waals surface area contributed by atoms with E-state index < -0.39 is 0 Å². The first kappa shape index (κ1) is 13.0. The van der Waals surface area contributed by atoms with Gasteiger partial charge < -0.3 is 15.5 Å². The fraction of sp³-hybridized carbons (Fsp3) is 0.538. The molecule has 1 heterocycles. The van der Waals surface area contributed by atoms with E-state index in [2.05, 4.69) is 62.8 Å². The maximum Gasteiger partial charge on any atom is 0.0320 e. The van der Waals surface area contributed by atoms with Crippen molar-refractivity contribution >= 4 is 15.9 Å². The minimum absolute atomic E-state index is 0.573. The van der Waals surface area contributed by atoms with Crippen molar-refractivity contribution in [3.63, 3.8) is 0 Å². The molecule has 1 unspecified atom stereocenters. The fourth-order valence-electron chi connectivity index (χ4n) is 2.12. The number of piperazine rings is 1. The average molecular weight is 298 g/mol. The number of halogens is 1. The molecule has 1 aromatic rings. The van der Waals surface area contributed by atoms with Gasteiger partial charge >= 0.3 is 0 Å². The van der Waals surface area contributed by atoms with Crippen molar-refractivity contribution in [3.05, 3.63) is 34.3 Å². The Morgan fingerprint density at radius 1 is 1.41 bits per heavy atom. The first-order valence-electron chi connectivity index (χ1n) is 6.11. The van der Waals surface area contributed by atoms with E-state index in [9.17, 15) is 0 Å². The summed E-state index contributed by atoms with van der Waals surface area (Å²) in [6.07, 6.45) is 0. The summed E-state index contributed by atoms with van der Waals surface area (Å²) in [5.41, 5.74) is 1.33. The monoisotopic (exact) mass is 297 g/mol. The summed E-state index contributed by atoms with van der Waals surface area (Å²) in [5, 5.41) is 7.04. The molecule has 1 aliphatic rings. The summed E-state index contributed by atoms with van der Waals surface area (Å²) in [5.74, 6) is 0. The molecule has 0 radical (unpaired) electrons. The van der Waals surface area contributed by atoms with Crippen LogP contribution in [0.25, 0.3) is 0 Å². The highest BCUT2D eigenvalue weighted by atomic mass is 79.9. The van der Waals surface area contributed by atoms with Gasteiger partial charge in [0.25, 0.3) is 0 Å². The van der Waals surface area contributed by atoms with E-state index in [1.54, 1.807) is 0 Å². The second kappa shape index (κ2) is 6.50. The lowest BCUT2D eigenvalue weighted by Crippen LogP contribution is -2.52. The van der Waals surface area contributed by atoms with Crippen molar-refractivity contribution in [1.29, 1.82) is 0 Å². The second-order valence-corrected chi connectivity index (χ2v) is 5.59. The van der Waals surface area contributed by atoms with Crippen LogP contribution in [0.3, 0.4) is 0 Å². The van der Waals surface area contributed by atoms with E-state index in [0.29, 0.717) is 6.04 Å².